The number of rotatable bonds is 7. The highest BCUT2D eigenvalue weighted by atomic mass is 35.5. The summed E-state index contributed by atoms with van der Waals surface area (Å²) < 4.78 is 5.60. The molecule has 1 aliphatic heterocycles. The van der Waals surface area contributed by atoms with Gasteiger partial charge in [-0.2, -0.15) is 0 Å². The number of halogens is 1. The smallest absolute Gasteiger partial charge is 0.277 e. The third-order valence-corrected chi connectivity index (χ3v) is 4.68. The Balaban J connectivity index is 1.67. The van der Waals surface area contributed by atoms with Crippen LogP contribution in [0.15, 0.2) is 24.3 Å². The molecule has 0 bridgehead atoms. The number of piperidine rings is 1. The number of carbonyl (C=O) groups is 2. The summed E-state index contributed by atoms with van der Waals surface area (Å²) in [6, 6.07) is 7.14. The van der Waals surface area contributed by atoms with E-state index in [0.717, 1.165) is 31.7 Å². The SMILES string of the molecule is CN(CCOc1ccc(Cl)cc1)C(=O)C[NH+]1CCC(C(N)=O)CC1. The molecule has 0 spiro atoms. The van der Waals surface area contributed by atoms with Gasteiger partial charge in [-0.3, -0.25) is 9.59 Å². The molecule has 7 heteroatoms. The van der Waals surface area contributed by atoms with Crippen LogP contribution >= 0.6 is 11.6 Å². The van der Waals surface area contributed by atoms with Crippen LogP contribution in [0.5, 0.6) is 5.75 Å². The molecule has 0 aromatic heterocycles. The number of likely N-dealkylation sites (tertiary alicyclic amines) is 1. The van der Waals surface area contributed by atoms with E-state index in [-0.39, 0.29) is 17.7 Å². The molecule has 0 unspecified atom stereocenters. The average Bonchev–Trinajstić information content (AvgIpc) is 2.57. The number of quaternary nitrogens is 1. The van der Waals surface area contributed by atoms with E-state index >= 15 is 0 Å². The molecular formula is C17H25ClN3O3+. The first-order valence-electron chi connectivity index (χ1n) is 8.21. The minimum atomic E-state index is -0.225. The van der Waals surface area contributed by atoms with Crippen molar-refractivity contribution in [2.45, 2.75) is 12.8 Å². The van der Waals surface area contributed by atoms with Crippen LogP contribution in [-0.2, 0) is 9.59 Å². The maximum Gasteiger partial charge on any atom is 0.277 e. The number of nitrogens with one attached hydrogen (secondary N) is 1. The second-order valence-electron chi connectivity index (χ2n) is 6.22. The van der Waals surface area contributed by atoms with Crippen molar-refractivity contribution in [2.24, 2.45) is 11.7 Å². The second kappa shape index (κ2) is 8.89. The summed E-state index contributed by atoms with van der Waals surface area (Å²) in [5, 5.41) is 0.665. The molecule has 0 saturated carbocycles. The lowest BCUT2D eigenvalue weighted by molar-refractivity contribution is -0.898. The van der Waals surface area contributed by atoms with E-state index in [1.165, 1.54) is 4.90 Å². The maximum atomic E-state index is 12.3. The maximum absolute atomic E-state index is 12.3. The van der Waals surface area contributed by atoms with E-state index < -0.39 is 0 Å². The van der Waals surface area contributed by atoms with E-state index in [9.17, 15) is 9.59 Å². The number of hydrogen-bond donors (Lipinski definition) is 2. The van der Waals surface area contributed by atoms with Gasteiger partial charge in [-0.1, -0.05) is 11.6 Å². The molecule has 6 nitrogen and oxygen atoms in total. The zero-order chi connectivity index (χ0) is 17.5. The fourth-order valence-corrected chi connectivity index (χ4v) is 2.92. The largest absolute Gasteiger partial charge is 0.492 e. The Hall–Kier alpha value is -1.79. The summed E-state index contributed by atoms with van der Waals surface area (Å²) in [7, 11) is 1.78. The Kier molecular flexibility index (Phi) is 6.87. The van der Waals surface area contributed by atoms with Crippen LogP contribution in [0, 0.1) is 5.92 Å². The number of primary amides is 1. The summed E-state index contributed by atoms with van der Waals surface area (Å²) >= 11 is 5.82. The highest BCUT2D eigenvalue weighted by Crippen LogP contribution is 2.15. The Morgan fingerprint density at radius 1 is 1.29 bits per heavy atom. The monoisotopic (exact) mass is 354 g/mol. The lowest BCUT2D eigenvalue weighted by atomic mass is 9.96. The van der Waals surface area contributed by atoms with Crippen molar-refractivity contribution in [1.82, 2.24) is 4.90 Å². The minimum absolute atomic E-state index is 0.0330. The van der Waals surface area contributed by atoms with Crippen LogP contribution in [0.3, 0.4) is 0 Å². The molecule has 1 aromatic carbocycles. The van der Waals surface area contributed by atoms with Gasteiger partial charge in [0, 0.05) is 30.8 Å². The quantitative estimate of drug-likeness (QED) is 0.721. The zero-order valence-corrected chi connectivity index (χ0v) is 14.7. The molecular weight excluding hydrogens is 330 g/mol. The van der Waals surface area contributed by atoms with Crippen LogP contribution in [0.1, 0.15) is 12.8 Å². The molecule has 3 N–H and O–H groups in total. The number of amides is 2. The highest BCUT2D eigenvalue weighted by molar-refractivity contribution is 6.30. The van der Waals surface area contributed by atoms with Crippen molar-refractivity contribution in [2.75, 3.05) is 39.8 Å². The molecule has 1 saturated heterocycles. The molecule has 1 aromatic rings. The summed E-state index contributed by atoms with van der Waals surface area (Å²) in [5.74, 6) is 0.563. The number of ether oxygens (including phenoxy) is 1. The highest BCUT2D eigenvalue weighted by Gasteiger charge is 2.27. The van der Waals surface area contributed by atoms with Gasteiger partial charge in [0.1, 0.15) is 12.4 Å². The van der Waals surface area contributed by atoms with Gasteiger partial charge in [0.15, 0.2) is 6.54 Å². The van der Waals surface area contributed by atoms with Crippen LogP contribution < -0.4 is 15.4 Å². The van der Waals surface area contributed by atoms with Gasteiger partial charge in [0.05, 0.1) is 19.6 Å². The second-order valence-corrected chi connectivity index (χ2v) is 6.66. The van der Waals surface area contributed by atoms with Gasteiger partial charge in [0.25, 0.3) is 5.91 Å². The normalized spacial score (nSPS) is 20.4. The average molecular weight is 355 g/mol. The molecule has 1 aliphatic rings. The van der Waals surface area contributed by atoms with Crippen LogP contribution in [-0.4, -0.2) is 56.5 Å². The number of nitrogens with zero attached hydrogens (tertiary/aromatic N) is 1. The van der Waals surface area contributed by atoms with Gasteiger partial charge in [-0.25, -0.2) is 0 Å². The van der Waals surface area contributed by atoms with Crippen molar-refractivity contribution >= 4 is 23.4 Å². The number of likely N-dealkylation sites (N-methyl/N-ethyl adjacent to an activating group) is 1. The topological polar surface area (TPSA) is 77.1 Å². The standard InChI is InChI=1S/C17H24ClN3O3/c1-20(10-11-24-15-4-2-14(18)3-5-15)16(22)12-21-8-6-13(7-9-21)17(19)23/h2-5,13H,6-12H2,1H3,(H2,19,23)/p+1. The Labute approximate surface area is 147 Å². The summed E-state index contributed by atoms with van der Waals surface area (Å²) in [6.45, 7) is 3.04. The van der Waals surface area contributed by atoms with Gasteiger partial charge in [-0.05, 0) is 24.3 Å². The fourth-order valence-electron chi connectivity index (χ4n) is 2.79. The molecule has 2 rings (SSSR count). The minimum Gasteiger partial charge on any atom is -0.492 e. The van der Waals surface area contributed by atoms with Gasteiger partial charge in [0.2, 0.25) is 5.91 Å². The van der Waals surface area contributed by atoms with E-state index in [1.54, 1.807) is 36.2 Å². The number of carbonyl (C=O) groups excluding carboxylic acids is 2. The first kappa shape index (κ1) is 18.5. The fraction of sp³-hybridized carbons (Fsp3) is 0.529. The summed E-state index contributed by atoms with van der Waals surface area (Å²) in [5.41, 5.74) is 5.33. The lowest BCUT2D eigenvalue weighted by Crippen LogP contribution is -3.14. The predicted molar refractivity (Wildman–Crippen MR) is 92.1 cm³/mol. The van der Waals surface area contributed by atoms with Crippen molar-refractivity contribution in [3.8, 4) is 5.75 Å². The van der Waals surface area contributed by atoms with Crippen LogP contribution in [0.4, 0.5) is 0 Å². The molecule has 0 radical (unpaired) electrons. The summed E-state index contributed by atoms with van der Waals surface area (Å²) in [4.78, 5) is 26.3. The first-order valence-corrected chi connectivity index (χ1v) is 8.58. The molecule has 24 heavy (non-hydrogen) atoms. The van der Waals surface area contributed by atoms with E-state index in [1.807, 2.05) is 0 Å². The van der Waals surface area contributed by atoms with Crippen molar-refractivity contribution in [1.29, 1.82) is 0 Å². The van der Waals surface area contributed by atoms with Gasteiger partial charge >= 0.3 is 0 Å². The van der Waals surface area contributed by atoms with Crippen LogP contribution in [0.25, 0.3) is 0 Å². The third-order valence-electron chi connectivity index (χ3n) is 4.43. The van der Waals surface area contributed by atoms with Crippen LogP contribution in [0.2, 0.25) is 5.02 Å². The van der Waals surface area contributed by atoms with E-state index in [0.29, 0.717) is 24.7 Å². The van der Waals surface area contributed by atoms with Gasteiger partial charge in [-0.15, -0.1) is 0 Å². The summed E-state index contributed by atoms with van der Waals surface area (Å²) in [6.07, 6.45) is 1.53. The van der Waals surface area contributed by atoms with E-state index in [2.05, 4.69) is 0 Å². The molecule has 2 amide bonds. The first-order chi connectivity index (χ1) is 11.5. The van der Waals surface area contributed by atoms with Crippen molar-refractivity contribution in [3.63, 3.8) is 0 Å². The Morgan fingerprint density at radius 3 is 2.50 bits per heavy atom. The number of benzene rings is 1. The van der Waals surface area contributed by atoms with Crippen molar-refractivity contribution in [3.05, 3.63) is 29.3 Å². The number of nitrogens with two attached hydrogens (primary N) is 1. The Bertz CT molecular complexity index is 557. The molecule has 132 valence electrons. The molecule has 1 fully saturated rings. The zero-order valence-electron chi connectivity index (χ0n) is 14.0. The lowest BCUT2D eigenvalue weighted by Gasteiger charge is -2.28. The molecule has 0 aliphatic carbocycles. The molecule has 1 heterocycles. The van der Waals surface area contributed by atoms with Crippen molar-refractivity contribution < 1.29 is 19.2 Å². The Morgan fingerprint density at radius 2 is 1.92 bits per heavy atom. The number of hydrogen-bond acceptors (Lipinski definition) is 3. The predicted octanol–water partition coefficient (Wildman–Crippen LogP) is -0.0426. The van der Waals surface area contributed by atoms with Gasteiger partial charge < -0.3 is 20.3 Å². The third kappa shape index (κ3) is 5.69. The van der Waals surface area contributed by atoms with E-state index in [4.69, 9.17) is 22.1 Å². The molecule has 0 atom stereocenters.